The summed E-state index contributed by atoms with van der Waals surface area (Å²) in [5.74, 6) is 3.14. The lowest BCUT2D eigenvalue weighted by Gasteiger charge is -2.37. The third-order valence-electron chi connectivity index (χ3n) is 7.31. The summed E-state index contributed by atoms with van der Waals surface area (Å²) in [4.78, 5) is 17.8. The molecule has 224 valence electrons. The molecule has 9 heteroatoms. The van der Waals surface area contributed by atoms with E-state index in [9.17, 15) is 4.79 Å². The summed E-state index contributed by atoms with van der Waals surface area (Å²) in [7, 11) is 8.59. The van der Waals surface area contributed by atoms with E-state index in [0.717, 1.165) is 56.7 Å². The molecule has 0 fully saturated rings. The molecule has 1 aliphatic rings. The lowest BCUT2D eigenvalue weighted by molar-refractivity contribution is 0.00346. The van der Waals surface area contributed by atoms with Crippen molar-refractivity contribution in [3.63, 3.8) is 0 Å². The fraction of sp³-hybridized carbons (Fsp3) is 0.581. The summed E-state index contributed by atoms with van der Waals surface area (Å²) in [6.07, 6.45) is 8.13. The van der Waals surface area contributed by atoms with Crippen molar-refractivity contribution in [3.05, 3.63) is 41.5 Å². The SMILES string of the molecule is CCCCCCCC1Oc2cc(OC)c(OC)cc2C(=O)N1CCCN(C)CCc1ccc(OC)c(OC)c1.Cl. The Hall–Kier alpha value is -2.84. The molecule has 0 aromatic heterocycles. The van der Waals surface area contributed by atoms with Crippen molar-refractivity contribution >= 4 is 18.3 Å². The number of nitrogens with zero attached hydrogens (tertiary/aromatic N) is 2. The Balaban J connectivity index is 0.00000560. The van der Waals surface area contributed by atoms with Gasteiger partial charge in [-0.15, -0.1) is 12.4 Å². The van der Waals surface area contributed by atoms with Crippen LogP contribution in [0.15, 0.2) is 30.3 Å². The van der Waals surface area contributed by atoms with Gasteiger partial charge in [0.15, 0.2) is 29.2 Å². The van der Waals surface area contributed by atoms with Gasteiger partial charge in [0.25, 0.3) is 5.91 Å². The number of carbonyl (C=O) groups excluding carboxylic acids is 1. The van der Waals surface area contributed by atoms with Gasteiger partial charge < -0.3 is 33.5 Å². The second-order valence-corrected chi connectivity index (χ2v) is 10.1. The first kappa shape index (κ1) is 33.4. The summed E-state index contributed by atoms with van der Waals surface area (Å²) >= 11 is 0. The number of amides is 1. The molecule has 1 amide bonds. The maximum absolute atomic E-state index is 13.6. The van der Waals surface area contributed by atoms with Crippen LogP contribution in [0.3, 0.4) is 0 Å². The van der Waals surface area contributed by atoms with E-state index in [-0.39, 0.29) is 24.5 Å². The second-order valence-electron chi connectivity index (χ2n) is 10.1. The molecule has 0 radical (unpaired) electrons. The Bertz CT molecular complexity index is 1070. The maximum Gasteiger partial charge on any atom is 0.260 e. The van der Waals surface area contributed by atoms with Gasteiger partial charge in [-0.3, -0.25) is 4.79 Å². The van der Waals surface area contributed by atoms with Crippen LogP contribution in [0.2, 0.25) is 0 Å². The fourth-order valence-electron chi connectivity index (χ4n) is 4.98. The summed E-state index contributed by atoms with van der Waals surface area (Å²) in [6.45, 7) is 4.63. The van der Waals surface area contributed by atoms with E-state index in [1.165, 1.54) is 24.8 Å². The minimum atomic E-state index is -0.276. The van der Waals surface area contributed by atoms with E-state index in [1.54, 1.807) is 40.6 Å². The molecule has 3 rings (SSSR count). The number of ether oxygens (including phenoxy) is 5. The lowest BCUT2D eigenvalue weighted by atomic mass is 10.1. The van der Waals surface area contributed by atoms with E-state index >= 15 is 0 Å². The van der Waals surface area contributed by atoms with Crippen molar-refractivity contribution < 1.29 is 28.5 Å². The zero-order valence-electron chi connectivity index (χ0n) is 25.0. The van der Waals surface area contributed by atoms with Gasteiger partial charge in [-0.2, -0.15) is 0 Å². The smallest absolute Gasteiger partial charge is 0.260 e. The topological polar surface area (TPSA) is 69.7 Å². The van der Waals surface area contributed by atoms with Crippen molar-refractivity contribution in [3.8, 4) is 28.7 Å². The number of halogens is 1. The minimum absolute atomic E-state index is 0. The van der Waals surface area contributed by atoms with Gasteiger partial charge in [0.2, 0.25) is 0 Å². The van der Waals surface area contributed by atoms with Gasteiger partial charge in [-0.25, -0.2) is 0 Å². The van der Waals surface area contributed by atoms with Crippen LogP contribution in [0.1, 0.15) is 67.8 Å². The molecule has 0 spiro atoms. The number of unbranched alkanes of at least 4 members (excludes halogenated alkanes) is 4. The van der Waals surface area contributed by atoms with Crippen LogP contribution in [-0.2, 0) is 6.42 Å². The summed E-state index contributed by atoms with van der Waals surface area (Å²) in [6, 6.07) is 9.56. The van der Waals surface area contributed by atoms with Crippen LogP contribution in [0.5, 0.6) is 28.7 Å². The highest BCUT2D eigenvalue weighted by atomic mass is 35.5. The summed E-state index contributed by atoms with van der Waals surface area (Å²) in [5, 5.41) is 0. The van der Waals surface area contributed by atoms with Crippen molar-refractivity contribution in [2.75, 3.05) is 55.1 Å². The van der Waals surface area contributed by atoms with E-state index < -0.39 is 0 Å². The van der Waals surface area contributed by atoms with Crippen LogP contribution in [-0.4, -0.2) is 77.1 Å². The van der Waals surface area contributed by atoms with E-state index in [4.69, 9.17) is 23.7 Å². The Morgan fingerprint density at radius 1 is 0.825 bits per heavy atom. The molecular formula is C31H47ClN2O6. The first-order chi connectivity index (χ1) is 18.9. The average Bonchev–Trinajstić information content (AvgIpc) is 2.96. The second kappa shape index (κ2) is 17.1. The monoisotopic (exact) mass is 578 g/mol. The number of likely N-dealkylation sites (N-methyl/N-ethyl adjacent to an activating group) is 1. The number of methoxy groups -OCH3 is 4. The van der Waals surface area contributed by atoms with Crippen molar-refractivity contribution in [1.29, 1.82) is 0 Å². The van der Waals surface area contributed by atoms with Crippen LogP contribution >= 0.6 is 12.4 Å². The average molecular weight is 579 g/mol. The van der Waals surface area contributed by atoms with Gasteiger partial charge in [0.05, 0.1) is 34.0 Å². The molecular weight excluding hydrogens is 532 g/mol. The minimum Gasteiger partial charge on any atom is -0.493 e. The molecule has 0 bridgehead atoms. The van der Waals surface area contributed by atoms with Crippen LogP contribution in [0.25, 0.3) is 0 Å². The van der Waals surface area contributed by atoms with Gasteiger partial charge in [-0.1, -0.05) is 38.7 Å². The Morgan fingerprint density at radius 3 is 2.15 bits per heavy atom. The lowest BCUT2D eigenvalue weighted by Crippen LogP contribution is -2.48. The van der Waals surface area contributed by atoms with Gasteiger partial charge in [0.1, 0.15) is 5.75 Å². The number of rotatable bonds is 17. The first-order valence-corrected chi connectivity index (χ1v) is 14.1. The highest BCUT2D eigenvalue weighted by Gasteiger charge is 2.34. The number of fused-ring (bicyclic) bond motifs is 1. The summed E-state index contributed by atoms with van der Waals surface area (Å²) in [5.41, 5.74) is 1.72. The largest absolute Gasteiger partial charge is 0.493 e. The van der Waals surface area contributed by atoms with E-state index in [2.05, 4.69) is 24.9 Å². The van der Waals surface area contributed by atoms with Gasteiger partial charge >= 0.3 is 0 Å². The maximum atomic E-state index is 13.6. The normalized spacial score (nSPS) is 14.3. The van der Waals surface area contributed by atoms with E-state index in [1.807, 2.05) is 17.0 Å². The molecule has 2 aromatic rings. The van der Waals surface area contributed by atoms with Crippen LogP contribution < -0.4 is 23.7 Å². The molecule has 0 aliphatic carbocycles. The van der Waals surface area contributed by atoms with Crippen molar-refractivity contribution in [2.24, 2.45) is 0 Å². The van der Waals surface area contributed by atoms with Gasteiger partial charge in [0, 0.05) is 31.6 Å². The predicted octanol–water partition coefficient (Wildman–Crippen LogP) is 6.23. The zero-order chi connectivity index (χ0) is 28.2. The summed E-state index contributed by atoms with van der Waals surface area (Å²) < 4.78 is 28.1. The third-order valence-corrected chi connectivity index (χ3v) is 7.31. The fourth-order valence-corrected chi connectivity index (χ4v) is 4.98. The standard InChI is InChI=1S/C31H46N2O6.ClH/c1-7-8-9-10-11-13-30-33(31(34)24-21-28(37-5)29(38-6)22-26(24)39-30)18-12-17-32(2)19-16-23-14-15-25(35-3)27(20-23)36-4;/h14-15,20-22,30H,7-13,16-19H2,1-6H3;1H. The molecule has 1 heterocycles. The van der Waals surface area contributed by atoms with Crippen LogP contribution in [0, 0.1) is 0 Å². The molecule has 1 aliphatic heterocycles. The highest BCUT2D eigenvalue weighted by molar-refractivity contribution is 5.98. The molecule has 2 aromatic carbocycles. The highest BCUT2D eigenvalue weighted by Crippen LogP contribution is 2.39. The number of hydrogen-bond acceptors (Lipinski definition) is 7. The Labute approximate surface area is 246 Å². The van der Waals surface area contributed by atoms with E-state index in [0.29, 0.717) is 29.4 Å². The first-order valence-electron chi connectivity index (χ1n) is 14.1. The number of benzene rings is 2. The Morgan fingerprint density at radius 2 is 1.48 bits per heavy atom. The van der Waals surface area contributed by atoms with Crippen molar-refractivity contribution in [1.82, 2.24) is 9.80 Å². The molecule has 0 saturated heterocycles. The molecule has 40 heavy (non-hydrogen) atoms. The van der Waals surface area contributed by atoms with Gasteiger partial charge in [-0.05, 0) is 50.6 Å². The molecule has 0 N–H and O–H groups in total. The molecule has 1 unspecified atom stereocenters. The molecule has 1 atom stereocenters. The molecule has 8 nitrogen and oxygen atoms in total. The zero-order valence-corrected chi connectivity index (χ0v) is 25.8. The predicted molar refractivity (Wildman–Crippen MR) is 161 cm³/mol. The molecule has 0 saturated carbocycles. The van der Waals surface area contributed by atoms with Crippen molar-refractivity contribution in [2.45, 2.75) is 64.5 Å². The van der Waals surface area contributed by atoms with Crippen LogP contribution in [0.4, 0.5) is 0 Å². The Kier molecular flexibility index (Phi) is 14.2. The third kappa shape index (κ3) is 8.83. The quantitative estimate of drug-likeness (QED) is 0.206. The number of hydrogen-bond donors (Lipinski definition) is 0. The number of carbonyl (C=O) groups is 1.